The molecule has 1 N–H and O–H groups in total. The number of hydrogen-bond donors (Lipinski definition) is 1. The lowest BCUT2D eigenvalue weighted by Crippen LogP contribution is -2.30. The summed E-state index contributed by atoms with van der Waals surface area (Å²) < 4.78 is 0. The maximum Gasteiger partial charge on any atom is 0.228 e. The van der Waals surface area contributed by atoms with Crippen LogP contribution in [-0.4, -0.2) is 29.8 Å². The van der Waals surface area contributed by atoms with E-state index in [0.29, 0.717) is 6.42 Å². The van der Waals surface area contributed by atoms with Crippen molar-refractivity contribution < 1.29 is 9.59 Å². The first-order valence-electron chi connectivity index (χ1n) is 7.31. The molecule has 1 aliphatic heterocycles. The fourth-order valence-electron chi connectivity index (χ4n) is 2.89. The molecule has 3 rings (SSSR count). The Hall–Kier alpha value is -1.84. The highest BCUT2D eigenvalue weighted by Crippen LogP contribution is 2.41. The molecule has 0 bridgehead atoms. The molecule has 2 amide bonds. The minimum atomic E-state index is -0.136. The number of carbonyl (C=O) groups excluding carboxylic acids is 2. The van der Waals surface area contributed by atoms with Gasteiger partial charge >= 0.3 is 0 Å². The van der Waals surface area contributed by atoms with Crippen LogP contribution in [0.15, 0.2) is 24.3 Å². The Balaban J connectivity index is 1.56. The van der Waals surface area contributed by atoms with Crippen LogP contribution in [0, 0.1) is 18.8 Å². The van der Waals surface area contributed by atoms with Gasteiger partial charge in [-0.1, -0.05) is 12.1 Å². The first kappa shape index (κ1) is 13.2. The third kappa shape index (κ3) is 2.69. The van der Waals surface area contributed by atoms with Crippen molar-refractivity contribution in [1.82, 2.24) is 4.90 Å². The fraction of sp³-hybridized carbons (Fsp3) is 0.500. The van der Waals surface area contributed by atoms with E-state index in [4.69, 9.17) is 0 Å². The number of nitrogens with zero attached hydrogens (tertiary/aromatic N) is 1. The van der Waals surface area contributed by atoms with Crippen LogP contribution in [0.4, 0.5) is 5.69 Å². The van der Waals surface area contributed by atoms with Gasteiger partial charge in [0.15, 0.2) is 0 Å². The number of aryl methyl sites for hydroxylation is 1. The molecule has 1 saturated heterocycles. The lowest BCUT2D eigenvalue weighted by atomic mass is 10.2. The largest absolute Gasteiger partial charge is 0.342 e. The van der Waals surface area contributed by atoms with Gasteiger partial charge in [-0.15, -0.1) is 0 Å². The van der Waals surface area contributed by atoms with Crippen LogP contribution < -0.4 is 5.32 Å². The Morgan fingerprint density at radius 1 is 1.20 bits per heavy atom. The summed E-state index contributed by atoms with van der Waals surface area (Å²) in [7, 11) is 0. The van der Waals surface area contributed by atoms with Gasteiger partial charge in [0, 0.05) is 18.8 Å². The van der Waals surface area contributed by atoms with Crippen molar-refractivity contribution in [1.29, 1.82) is 0 Å². The van der Waals surface area contributed by atoms with Gasteiger partial charge in [-0.05, 0) is 43.9 Å². The second-order valence-corrected chi connectivity index (χ2v) is 5.84. The van der Waals surface area contributed by atoms with Crippen LogP contribution in [0.3, 0.4) is 0 Å². The average molecular weight is 272 g/mol. The zero-order chi connectivity index (χ0) is 14.1. The number of amides is 2. The molecular weight excluding hydrogens is 252 g/mol. The Bertz CT molecular complexity index is 535. The van der Waals surface area contributed by atoms with Crippen LogP contribution in [0.2, 0.25) is 0 Å². The summed E-state index contributed by atoms with van der Waals surface area (Å²) in [5.41, 5.74) is 1.93. The van der Waals surface area contributed by atoms with E-state index in [9.17, 15) is 9.59 Å². The van der Waals surface area contributed by atoms with Gasteiger partial charge in [0.1, 0.15) is 0 Å². The molecular formula is C16H20N2O2. The predicted molar refractivity (Wildman–Crippen MR) is 77.2 cm³/mol. The number of benzene rings is 1. The van der Waals surface area contributed by atoms with Crippen molar-refractivity contribution >= 4 is 17.5 Å². The van der Waals surface area contributed by atoms with Gasteiger partial charge in [-0.3, -0.25) is 9.59 Å². The van der Waals surface area contributed by atoms with E-state index in [1.54, 1.807) is 0 Å². The van der Waals surface area contributed by atoms with Crippen molar-refractivity contribution in [3.8, 4) is 0 Å². The predicted octanol–water partition coefficient (Wildman–Crippen LogP) is 2.19. The van der Waals surface area contributed by atoms with Gasteiger partial charge in [0.05, 0.1) is 11.8 Å². The Labute approximate surface area is 119 Å². The zero-order valence-electron chi connectivity index (χ0n) is 11.8. The second-order valence-electron chi connectivity index (χ2n) is 5.84. The first-order valence-corrected chi connectivity index (χ1v) is 7.31. The molecule has 2 atom stereocenters. The first-order chi connectivity index (χ1) is 9.65. The van der Waals surface area contributed by atoms with E-state index in [-0.39, 0.29) is 23.7 Å². The summed E-state index contributed by atoms with van der Waals surface area (Å²) in [5.74, 6) is -0.0680. The highest BCUT2D eigenvalue weighted by molar-refractivity contribution is 5.99. The molecule has 1 aromatic carbocycles. The summed E-state index contributed by atoms with van der Waals surface area (Å²) in [6.45, 7) is 3.72. The molecule has 20 heavy (non-hydrogen) atoms. The van der Waals surface area contributed by atoms with Gasteiger partial charge < -0.3 is 10.2 Å². The van der Waals surface area contributed by atoms with E-state index in [2.05, 4.69) is 5.32 Å². The number of anilines is 1. The number of likely N-dealkylation sites (tertiary alicyclic amines) is 1. The molecule has 4 heteroatoms. The fourth-order valence-corrected chi connectivity index (χ4v) is 2.89. The SMILES string of the molecule is Cc1cccc(NC(=O)C2CC2C(=O)N2CCCC2)c1. The van der Waals surface area contributed by atoms with E-state index in [0.717, 1.165) is 37.2 Å². The molecule has 1 saturated carbocycles. The molecule has 0 spiro atoms. The monoisotopic (exact) mass is 272 g/mol. The lowest BCUT2D eigenvalue weighted by molar-refractivity contribution is -0.133. The normalized spacial score (nSPS) is 24.6. The van der Waals surface area contributed by atoms with E-state index < -0.39 is 0 Å². The number of nitrogens with one attached hydrogen (secondary N) is 1. The van der Waals surface area contributed by atoms with Crippen LogP contribution in [0.5, 0.6) is 0 Å². The van der Waals surface area contributed by atoms with Crippen molar-refractivity contribution in [2.45, 2.75) is 26.2 Å². The molecule has 1 heterocycles. The standard InChI is InChI=1S/C16H20N2O2/c1-11-5-4-6-12(9-11)17-15(19)13-10-14(13)16(20)18-7-2-3-8-18/h4-6,9,13-14H,2-3,7-8,10H2,1H3,(H,17,19). The summed E-state index contributed by atoms with van der Waals surface area (Å²) in [6.07, 6.45) is 2.89. The minimum absolute atomic E-state index is 0.0202. The zero-order valence-corrected chi connectivity index (χ0v) is 11.8. The third-order valence-corrected chi connectivity index (χ3v) is 4.15. The number of rotatable bonds is 3. The van der Waals surface area contributed by atoms with Crippen molar-refractivity contribution in [3.05, 3.63) is 29.8 Å². The van der Waals surface area contributed by atoms with Gasteiger partial charge in [-0.2, -0.15) is 0 Å². The van der Waals surface area contributed by atoms with Crippen molar-refractivity contribution in [3.63, 3.8) is 0 Å². The Morgan fingerprint density at radius 3 is 2.65 bits per heavy atom. The second kappa shape index (κ2) is 5.27. The van der Waals surface area contributed by atoms with Crippen LogP contribution in [0.25, 0.3) is 0 Å². The maximum atomic E-state index is 12.2. The summed E-state index contributed by atoms with van der Waals surface area (Å²) in [5, 5.41) is 2.91. The van der Waals surface area contributed by atoms with E-state index >= 15 is 0 Å². The molecule has 4 nitrogen and oxygen atoms in total. The van der Waals surface area contributed by atoms with Crippen LogP contribution >= 0.6 is 0 Å². The molecule has 2 unspecified atom stereocenters. The third-order valence-electron chi connectivity index (χ3n) is 4.15. The molecule has 1 aromatic rings. The molecule has 2 fully saturated rings. The molecule has 0 radical (unpaired) electrons. The van der Waals surface area contributed by atoms with Crippen LogP contribution in [0.1, 0.15) is 24.8 Å². The topological polar surface area (TPSA) is 49.4 Å². The van der Waals surface area contributed by atoms with Gasteiger partial charge in [-0.25, -0.2) is 0 Å². The van der Waals surface area contributed by atoms with Gasteiger partial charge in [0.2, 0.25) is 11.8 Å². The molecule has 0 aromatic heterocycles. The molecule has 2 aliphatic rings. The highest BCUT2D eigenvalue weighted by atomic mass is 16.2. The van der Waals surface area contributed by atoms with Crippen molar-refractivity contribution in [2.24, 2.45) is 11.8 Å². The summed E-state index contributed by atoms with van der Waals surface area (Å²) in [4.78, 5) is 26.2. The highest BCUT2D eigenvalue weighted by Gasteiger charge is 2.49. The Kier molecular flexibility index (Phi) is 3.47. The Morgan fingerprint density at radius 2 is 1.95 bits per heavy atom. The minimum Gasteiger partial charge on any atom is -0.342 e. The number of carbonyl (C=O) groups is 2. The van der Waals surface area contributed by atoms with E-state index in [1.807, 2.05) is 36.1 Å². The summed E-state index contributed by atoms with van der Waals surface area (Å²) in [6, 6.07) is 7.74. The van der Waals surface area contributed by atoms with E-state index in [1.165, 1.54) is 0 Å². The van der Waals surface area contributed by atoms with Crippen LogP contribution in [-0.2, 0) is 9.59 Å². The maximum absolute atomic E-state index is 12.2. The molecule has 1 aliphatic carbocycles. The average Bonchev–Trinajstić information content (AvgIpc) is 3.04. The molecule has 106 valence electrons. The number of hydrogen-bond acceptors (Lipinski definition) is 2. The lowest BCUT2D eigenvalue weighted by Gasteiger charge is -2.14. The van der Waals surface area contributed by atoms with Crippen molar-refractivity contribution in [2.75, 3.05) is 18.4 Å². The smallest absolute Gasteiger partial charge is 0.228 e. The van der Waals surface area contributed by atoms with Gasteiger partial charge in [0.25, 0.3) is 0 Å². The summed E-state index contributed by atoms with van der Waals surface area (Å²) >= 11 is 0. The quantitative estimate of drug-likeness (QED) is 0.917.